The quantitative estimate of drug-likeness (QED) is 0.679. The highest BCUT2D eigenvalue weighted by atomic mass is 16.5. The average Bonchev–Trinajstić information content (AvgIpc) is 2.99. The summed E-state index contributed by atoms with van der Waals surface area (Å²) < 4.78 is 8.57. The molecule has 28 heavy (non-hydrogen) atoms. The van der Waals surface area contributed by atoms with E-state index in [9.17, 15) is 4.79 Å². The third-order valence-corrected chi connectivity index (χ3v) is 5.94. The van der Waals surface area contributed by atoms with Crippen molar-refractivity contribution in [1.82, 2.24) is 29.2 Å². The molecule has 8 heteroatoms. The largest absolute Gasteiger partial charge is 0.337 e. The van der Waals surface area contributed by atoms with E-state index in [0.29, 0.717) is 34.8 Å². The fourth-order valence-corrected chi connectivity index (χ4v) is 4.38. The molecule has 0 spiro atoms. The predicted molar refractivity (Wildman–Crippen MR) is 103 cm³/mol. The van der Waals surface area contributed by atoms with Gasteiger partial charge in [0.2, 0.25) is 5.89 Å². The molecule has 1 saturated carbocycles. The number of nitrogens with zero attached hydrogens (tertiary/aromatic N) is 6. The number of hydrogen-bond acceptors (Lipinski definition) is 6. The lowest BCUT2D eigenvalue weighted by molar-refractivity contribution is 0.364. The van der Waals surface area contributed by atoms with Crippen molar-refractivity contribution in [2.75, 3.05) is 0 Å². The minimum atomic E-state index is -0.180. The molecule has 2 aliphatic carbocycles. The monoisotopic (exact) mass is 376 g/mol. The second-order valence-electron chi connectivity index (χ2n) is 7.47. The van der Waals surface area contributed by atoms with Gasteiger partial charge in [-0.25, -0.2) is 9.97 Å². The predicted octanol–water partition coefficient (Wildman–Crippen LogP) is 2.35. The summed E-state index contributed by atoms with van der Waals surface area (Å²) in [4.78, 5) is 25.5. The molecule has 2 atom stereocenters. The number of allylic oxidation sites excluding steroid dienone is 4. The first kappa shape index (κ1) is 16.9. The van der Waals surface area contributed by atoms with E-state index in [1.165, 1.54) is 22.0 Å². The summed E-state index contributed by atoms with van der Waals surface area (Å²) in [5, 5.41) is 4.19. The molecule has 0 amide bonds. The van der Waals surface area contributed by atoms with Crippen molar-refractivity contribution in [3.63, 3.8) is 0 Å². The molecular weight excluding hydrogens is 356 g/mol. The maximum absolute atomic E-state index is 12.7. The summed E-state index contributed by atoms with van der Waals surface area (Å²) >= 11 is 0. The van der Waals surface area contributed by atoms with Crippen LogP contribution in [0.25, 0.3) is 11.2 Å². The van der Waals surface area contributed by atoms with Gasteiger partial charge in [-0.2, -0.15) is 4.98 Å². The van der Waals surface area contributed by atoms with Gasteiger partial charge >= 0.3 is 0 Å². The van der Waals surface area contributed by atoms with Gasteiger partial charge in [0.1, 0.15) is 12.9 Å². The highest BCUT2D eigenvalue weighted by molar-refractivity contribution is 5.68. The number of hydrogen-bond donors (Lipinski definition) is 0. The molecular formula is C20H20N6O2. The fourth-order valence-electron chi connectivity index (χ4n) is 4.38. The standard InChI is InChI=1S/C20H20N6O2/c1-4-11-6-13-14(7-12(11)5-2)16(13)18-23-15(28-24-18)8-26-10-22-19-17(20(26)27)25(3)9-21-19/h4-5,9-10,13-14,16H,1-2,6-8H2,3H3. The summed E-state index contributed by atoms with van der Waals surface area (Å²) in [6, 6.07) is 0. The SMILES string of the molecule is C=CC1=C(C=C)CC2C(C1)C2c1noc(Cn2cnc3ncn(C)c3c2=O)n1. The lowest BCUT2D eigenvalue weighted by atomic mass is 9.92. The van der Waals surface area contributed by atoms with Gasteiger partial charge in [-0.1, -0.05) is 30.5 Å². The van der Waals surface area contributed by atoms with Crippen molar-refractivity contribution in [2.24, 2.45) is 18.9 Å². The van der Waals surface area contributed by atoms with E-state index < -0.39 is 0 Å². The molecule has 0 radical (unpaired) electrons. The lowest BCUT2D eigenvalue weighted by Crippen LogP contribution is -2.22. The number of rotatable bonds is 5. The Morgan fingerprint density at radius 3 is 2.54 bits per heavy atom. The topological polar surface area (TPSA) is 91.6 Å². The van der Waals surface area contributed by atoms with Crippen LogP contribution >= 0.6 is 0 Å². The minimum Gasteiger partial charge on any atom is -0.337 e. The Balaban J connectivity index is 1.37. The Morgan fingerprint density at radius 1 is 1.18 bits per heavy atom. The van der Waals surface area contributed by atoms with Crippen LogP contribution in [0, 0.1) is 11.8 Å². The van der Waals surface area contributed by atoms with Crippen molar-refractivity contribution >= 4 is 11.2 Å². The number of imidazole rings is 1. The molecule has 3 aromatic heterocycles. The number of aryl methyl sites for hydroxylation is 1. The van der Waals surface area contributed by atoms with Gasteiger partial charge in [-0.15, -0.1) is 0 Å². The van der Waals surface area contributed by atoms with E-state index >= 15 is 0 Å². The molecule has 2 aliphatic rings. The van der Waals surface area contributed by atoms with Crippen LogP contribution in [0.15, 0.2) is 58.4 Å². The van der Waals surface area contributed by atoms with Gasteiger partial charge in [0.25, 0.3) is 5.56 Å². The van der Waals surface area contributed by atoms with Crippen LogP contribution in [0.4, 0.5) is 0 Å². The molecule has 8 nitrogen and oxygen atoms in total. The smallest absolute Gasteiger partial charge is 0.280 e. The Bertz CT molecular complexity index is 1170. The third kappa shape index (κ3) is 2.48. The van der Waals surface area contributed by atoms with E-state index in [-0.39, 0.29) is 12.1 Å². The normalized spacial score (nSPS) is 23.7. The van der Waals surface area contributed by atoms with E-state index in [1.54, 1.807) is 17.9 Å². The van der Waals surface area contributed by atoms with Crippen molar-refractivity contribution < 1.29 is 4.52 Å². The zero-order valence-electron chi connectivity index (χ0n) is 15.6. The fraction of sp³-hybridized carbons (Fsp3) is 0.350. The zero-order valence-corrected chi connectivity index (χ0v) is 15.6. The maximum atomic E-state index is 12.7. The molecule has 1 fully saturated rings. The Kier molecular flexibility index (Phi) is 3.68. The third-order valence-electron chi connectivity index (χ3n) is 5.94. The summed E-state index contributed by atoms with van der Waals surface area (Å²) in [7, 11) is 1.77. The van der Waals surface area contributed by atoms with Crippen molar-refractivity contribution in [3.8, 4) is 0 Å². The summed E-state index contributed by atoms with van der Waals surface area (Å²) in [5.41, 5.74) is 3.24. The van der Waals surface area contributed by atoms with Crippen LogP contribution in [0.1, 0.15) is 30.5 Å². The van der Waals surface area contributed by atoms with Crippen molar-refractivity contribution in [2.45, 2.75) is 25.3 Å². The summed E-state index contributed by atoms with van der Waals surface area (Å²) in [5.74, 6) is 2.47. The van der Waals surface area contributed by atoms with Gasteiger partial charge in [-0.3, -0.25) is 9.36 Å². The first-order valence-electron chi connectivity index (χ1n) is 9.26. The van der Waals surface area contributed by atoms with E-state index in [2.05, 4.69) is 33.3 Å². The molecule has 3 aromatic rings. The summed E-state index contributed by atoms with van der Waals surface area (Å²) in [6.07, 6.45) is 8.85. The van der Waals surface area contributed by atoms with Gasteiger partial charge in [0.15, 0.2) is 17.0 Å². The molecule has 5 rings (SSSR count). The number of aromatic nitrogens is 6. The zero-order chi connectivity index (χ0) is 19.4. The van der Waals surface area contributed by atoms with Gasteiger partial charge in [0.05, 0.1) is 6.33 Å². The Labute approximate surface area is 160 Å². The van der Waals surface area contributed by atoms with E-state index in [1.807, 2.05) is 12.2 Å². The molecule has 0 bridgehead atoms. The van der Waals surface area contributed by atoms with Crippen LogP contribution in [0.3, 0.4) is 0 Å². The van der Waals surface area contributed by atoms with Crippen LogP contribution < -0.4 is 5.56 Å². The molecule has 142 valence electrons. The van der Waals surface area contributed by atoms with E-state index in [4.69, 9.17) is 4.52 Å². The minimum absolute atomic E-state index is 0.180. The average molecular weight is 376 g/mol. The molecule has 0 N–H and O–H groups in total. The molecule has 2 unspecified atom stereocenters. The highest BCUT2D eigenvalue weighted by Crippen LogP contribution is 2.61. The molecule has 0 aliphatic heterocycles. The first-order chi connectivity index (χ1) is 13.6. The van der Waals surface area contributed by atoms with Crippen LogP contribution in [0.5, 0.6) is 0 Å². The van der Waals surface area contributed by atoms with Crippen LogP contribution in [0.2, 0.25) is 0 Å². The lowest BCUT2D eigenvalue weighted by Gasteiger charge is -2.13. The van der Waals surface area contributed by atoms with Gasteiger partial charge in [-0.05, 0) is 35.8 Å². The summed E-state index contributed by atoms with van der Waals surface area (Å²) in [6.45, 7) is 8.02. The molecule has 0 saturated heterocycles. The number of fused-ring (bicyclic) bond motifs is 2. The van der Waals surface area contributed by atoms with Gasteiger partial charge < -0.3 is 9.09 Å². The van der Waals surface area contributed by atoms with Crippen molar-refractivity contribution in [3.05, 3.63) is 71.2 Å². The van der Waals surface area contributed by atoms with E-state index in [0.717, 1.165) is 18.7 Å². The first-order valence-corrected chi connectivity index (χ1v) is 9.26. The van der Waals surface area contributed by atoms with Gasteiger partial charge in [0, 0.05) is 13.0 Å². The second kappa shape index (κ2) is 6.12. The highest BCUT2D eigenvalue weighted by Gasteiger charge is 2.55. The molecule has 0 aromatic carbocycles. The molecule has 3 heterocycles. The Morgan fingerprint density at radius 2 is 1.86 bits per heavy atom. The van der Waals surface area contributed by atoms with Crippen LogP contribution in [-0.4, -0.2) is 29.2 Å². The maximum Gasteiger partial charge on any atom is 0.280 e. The van der Waals surface area contributed by atoms with Crippen LogP contribution in [-0.2, 0) is 13.6 Å². The van der Waals surface area contributed by atoms with Crippen molar-refractivity contribution in [1.29, 1.82) is 0 Å². The second-order valence-corrected chi connectivity index (χ2v) is 7.47. The Hall–Kier alpha value is -3.29.